The number of hydrogen-bond acceptors (Lipinski definition) is 6. The van der Waals surface area contributed by atoms with Crippen molar-refractivity contribution in [2.45, 2.75) is 18.2 Å². The van der Waals surface area contributed by atoms with Gasteiger partial charge in [0.2, 0.25) is 10.0 Å². The van der Waals surface area contributed by atoms with Gasteiger partial charge in [0.1, 0.15) is 0 Å². The number of sulfonamides is 1. The standard InChI is InChI=1S/C16H20N2O6S/c1-2-24-16(20)15(19)18-6-5-12-11-13(3-4-14(12)18)25(21,22)17-7-9-23-10-8-17/h3-4,11H,2,5-10H2,1H3. The second-order valence-electron chi connectivity index (χ2n) is 5.73. The summed E-state index contributed by atoms with van der Waals surface area (Å²) in [4.78, 5) is 25.3. The predicted molar refractivity (Wildman–Crippen MR) is 88.7 cm³/mol. The largest absolute Gasteiger partial charge is 0.459 e. The average molecular weight is 368 g/mol. The Morgan fingerprint density at radius 2 is 1.92 bits per heavy atom. The molecule has 1 amide bonds. The molecule has 25 heavy (non-hydrogen) atoms. The molecule has 0 aliphatic carbocycles. The van der Waals surface area contributed by atoms with Crippen LogP contribution in [0, 0.1) is 0 Å². The Morgan fingerprint density at radius 1 is 1.20 bits per heavy atom. The Kier molecular flexibility index (Phi) is 5.07. The zero-order valence-corrected chi connectivity index (χ0v) is 14.8. The van der Waals surface area contributed by atoms with E-state index >= 15 is 0 Å². The molecule has 2 heterocycles. The summed E-state index contributed by atoms with van der Waals surface area (Å²) in [6, 6.07) is 4.63. The van der Waals surface area contributed by atoms with Crippen LogP contribution in [0.15, 0.2) is 23.1 Å². The van der Waals surface area contributed by atoms with Gasteiger partial charge in [-0.25, -0.2) is 13.2 Å². The van der Waals surface area contributed by atoms with Crippen molar-refractivity contribution >= 4 is 27.6 Å². The van der Waals surface area contributed by atoms with E-state index in [-0.39, 0.29) is 11.5 Å². The molecule has 0 atom stereocenters. The minimum absolute atomic E-state index is 0.127. The van der Waals surface area contributed by atoms with Gasteiger partial charge in [0.05, 0.1) is 24.7 Å². The number of fused-ring (bicyclic) bond motifs is 1. The first kappa shape index (κ1) is 17.8. The van der Waals surface area contributed by atoms with Gasteiger partial charge in [-0.15, -0.1) is 0 Å². The summed E-state index contributed by atoms with van der Waals surface area (Å²) in [5.74, 6) is -1.63. The number of hydrogen-bond donors (Lipinski definition) is 0. The van der Waals surface area contributed by atoms with Crippen molar-refractivity contribution in [2.75, 3.05) is 44.4 Å². The molecule has 0 unspecified atom stereocenters. The first-order chi connectivity index (χ1) is 11.9. The highest BCUT2D eigenvalue weighted by Crippen LogP contribution is 2.31. The summed E-state index contributed by atoms with van der Waals surface area (Å²) >= 11 is 0. The van der Waals surface area contributed by atoms with Gasteiger partial charge in [-0.05, 0) is 37.1 Å². The third-order valence-electron chi connectivity index (χ3n) is 4.25. The average Bonchev–Trinajstić information content (AvgIpc) is 3.05. The lowest BCUT2D eigenvalue weighted by Gasteiger charge is -2.26. The Hall–Kier alpha value is -1.97. The maximum atomic E-state index is 12.7. The molecule has 9 heteroatoms. The molecule has 0 aromatic heterocycles. The number of rotatable bonds is 3. The number of ether oxygens (including phenoxy) is 2. The molecule has 1 saturated heterocycles. The van der Waals surface area contributed by atoms with Crippen LogP contribution in [0.25, 0.3) is 0 Å². The van der Waals surface area contributed by atoms with Crippen LogP contribution in [-0.2, 0) is 35.5 Å². The van der Waals surface area contributed by atoms with Crippen LogP contribution in [0.1, 0.15) is 12.5 Å². The molecule has 1 aromatic rings. The summed E-state index contributed by atoms with van der Waals surface area (Å²) in [6.45, 7) is 3.50. The van der Waals surface area contributed by atoms with E-state index in [1.54, 1.807) is 19.1 Å². The lowest BCUT2D eigenvalue weighted by molar-refractivity contribution is -0.153. The molecule has 0 spiro atoms. The van der Waals surface area contributed by atoms with Crippen molar-refractivity contribution in [1.82, 2.24) is 4.31 Å². The molecule has 2 aliphatic rings. The van der Waals surface area contributed by atoms with Crippen LogP contribution in [0.5, 0.6) is 0 Å². The maximum Gasteiger partial charge on any atom is 0.397 e. The van der Waals surface area contributed by atoms with Gasteiger partial charge in [-0.1, -0.05) is 0 Å². The van der Waals surface area contributed by atoms with Crippen molar-refractivity contribution in [3.8, 4) is 0 Å². The van der Waals surface area contributed by atoms with Crippen LogP contribution >= 0.6 is 0 Å². The number of carbonyl (C=O) groups is 2. The van der Waals surface area contributed by atoms with E-state index in [0.717, 1.165) is 5.56 Å². The number of nitrogens with zero attached hydrogens (tertiary/aromatic N) is 2. The minimum Gasteiger partial charge on any atom is -0.459 e. The van der Waals surface area contributed by atoms with E-state index in [1.807, 2.05) is 0 Å². The van der Waals surface area contributed by atoms with Crippen molar-refractivity contribution in [2.24, 2.45) is 0 Å². The van der Waals surface area contributed by atoms with Gasteiger partial charge < -0.3 is 14.4 Å². The van der Waals surface area contributed by atoms with E-state index in [1.165, 1.54) is 15.3 Å². The van der Waals surface area contributed by atoms with E-state index in [9.17, 15) is 18.0 Å². The van der Waals surface area contributed by atoms with Crippen LogP contribution in [0.3, 0.4) is 0 Å². The van der Waals surface area contributed by atoms with Gasteiger partial charge in [0.15, 0.2) is 0 Å². The van der Waals surface area contributed by atoms with Crippen molar-refractivity contribution in [1.29, 1.82) is 0 Å². The van der Waals surface area contributed by atoms with Crippen molar-refractivity contribution in [3.63, 3.8) is 0 Å². The Labute approximate surface area is 146 Å². The maximum absolute atomic E-state index is 12.7. The van der Waals surface area contributed by atoms with Crippen LogP contribution in [0.4, 0.5) is 5.69 Å². The fourth-order valence-electron chi connectivity index (χ4n) is 2.99. The third-order valence-corrected chi connectivity index (χ3v) is 6.14. The van der Waals surface area contributed by atoms with Crippen molar-refractivity contribution in [3.05, 3.63) is 23.8 Å². The summed E-state index contributed by atoms with van der Waals surface area (Å²) in [6.07, 6.45) is 0.493. The highest BCUT2D eigenvalue weighted by atomic mass is 32.2. The van der Waals surface area contributed by atoms with Gasteiger partial charge in [0.25, 0.3) is 0 Å². The lowest BCUT2D eigenvalue weighted by atomic mass is 10.2. The predicted octanol–water partition coefficient (Wildman–Crippen LogP) is 0.160. The van der Waals surface area contributed by atoms with E-state index in [4.69, 9.17) is 9.47 Å². The molecule has 8 nitrogen and oxygen atoms in total. The van der Waals surface area contributed by atoms with E-state index in [2.05, 4.69) is 0 Å². The van der Waals surface area contributed by atoms with Crippen LogP contribution < -0.4 is 4.90 Å². The number of amides is 1. The molecule has 2 aliphatic heterocycles. The Bertz CT molecular complexity index is 786. The number of morpholine rings is 1. The number of carbonyl (C=O) groups excluding carboxylic acids is 2. The molecule has 136 valence electrons. The minimum atomic E-state index is -3.59. The van der Waals surface area contributed by atoms with Crippen LogP contribution in [-0.4, -0.2) is 64.1 Å². The summed E-state index contributed by atoms with van der Waals surface area (Å²) in [5.41, 5.74) is 1.28. The van der Waals surface area contributed by atoms with Gasteiger partial charge >= 0.3 is 11.9 Å². The van der Waals surface area contributed by atoms with Crippen LogP contribution in [0.2, 0.25) is 0 Å². The molecule has 0 bridgehead atoms. The fourth-order valence-corrected chi connectivity index (χ4v) is 4.45. The number of esters is 1. The first-order valence-electron chi connectivity index (χ1n) is 8.14. The zero-order chi connectivity index (χ0) is 18.0. The number of anilines is 1. The topological polar surface area (TPSA) is 93.2 Å². The second-order valence-corrected chi connectivity index (χ2v) is 7.67. The first-order valence-corrected chi connectivity index (χ1v) is 9.58. The summed E-state index contributed by atoms with van der Waals surface area (Å²) < 4.78 is 36.8. The highest BCUT2D eigenvalue weighted by molar-refractivity contribution is 7.89. The van der Waals surface area contributed by atoms with Gasteiger partial charge in [-0.3, -0.25) is 4.79 Å². The zero-order valence-electron chi connectivity index (χ0n) is 13.9. The Morgan fingerprint density at radius 3 is 2.60 bits per heavy atom. The quantitative estimate of drug-likeness (QED) is 0.557. The SMILES string of the molecule is CCOC(=O)C(=O)N1CCc2cc(S(=O)(=O)N3CCOCC3)ccc21. The van der Waals surface area contributed by atoms with Gasteiger partial charge in [0, 0.05) is 25.3 Å². The van der Waals surface area contributed by atoms with Crippen molar-refractivity contribution < 1.29 is 27.5 Å². The molecular weight excluding hydrogens is 348 g/mol. The number of benzene rings is 1. The molecule has 1 aromatic carbocycles. The molecule has 0 radical (unpaired) electrons. The fraction of sp³-hybridized carbons (Fsp3) is 0.500. The third kappa shape index (κ3) is 3.39. The molecule has 0 N–H and O–H groups in total. The normalized spacial score (nSPS) is 18.0. The monoisotopic (exact) mass is 368 g/mol. The second kappa shape index (κ2) is 7.11. The van der Waals surface area contributed by atoms with E-state index < -0.39 is 21.9 Å². The smallest absolute Gasteiger partial charge is 0.397 e. The summed E-state index contributed by atoms with van der Waals surface area (Å²) in [5, 5.41) is 0. The lowest BCUT2D eigenvalue weighted by Crippen LogP contribution is -2.40. The Balaban J connectivity index is 1.84. The molecule has 0 saturated carbocycles. The van der Waals surface area contributed by atoms with E-state index in [0.29, 0.717) is 45.0 Å². The summed E-state index contributed by atoms with van der Waals surface area (Å²) in [7, 11) is -3.59. The molecular formula is C16H20N2O6S. The molecule has 1 fully saturated rings. The van der Waals surface area contributed by atoms with Gasteiger partial charge in [-0.2, -0.15) is 4.31 Å². The highest BCUT2D eigenvalue weighted by Gasteiger charge is 2.32. The molecule has 3 rings (SSSR count).